The lowest BCUT2D eigenvalue weighted by Crippen LogP contribution is -2.03. The first kappa shape index (κ1) is 12.6. The molecule has 0 spiro atoms. The summed E-state index contributed by atoms with van der Waals surface area (Å²) < 4.78 is 10.6. The van der Waals surface area contributed by atoms with E-state index >= 15 is 0 Å². The van der Waals surface area contributed by atoms with Crippen molar-refractivity contribution in [3.63, 3.8) is 0 Å². The van der Waals surface area contributed by atoms with Crippen LogP contribution in [0.4, 0.5) is 0 Å². The maximum Gasteiger partial charge on any atom is 0.231 e. The van der Waals surface area contributed by atoms with Crippen LogP contribution in [-0.2, 0) is 0 Å². The van der Waals surface area contributed by atoms with Crippen LogP contribution in [0.2, 0.25) is 0 Å². The van der Waals surface area contributed by atoms with Crippen LogP contribution in [0, 0.1) is 0 Å². The highest BCUT2D eigenvalue weighted by atomic mass is 16.7. The molecule has 1 aliphatic rings. The van der Waals surface area contributed by atoms with Gasteiger partial charge >= 0.3 is 0 Å². The molecule has 2 heterocycles. The lowest BCUT2D eigenvalue weighted by Gasteiger charge is -2.07. The number of aromatic amines is 1. The predicted octanol–water partition coefficient (Wildman–Crippen LogP) is 2.33. The van der Waals surface area contributed by atoms with Gasteiger partial charge in [0.05, 0.1) is 5.52 Å². The Morgan fingerprint density at radius 2 is 1.59 bits per heavy atom. The van der Waals surface area contributed by atoms with Crippen molar-refractivity contribution in [3.8, 4) is 34.3 Å². The van der Waals surface area contributed by atoms with Gasteiger partial charge in [-0.2, -0.15) is 0 Å². The molecule has 6 heteroatoms. The molecule has 0 radical (unpaired) electrons. The van der Waals surface area contributed by atoms with Gasteiger partial charge in [0.1, 0.15) is 11.5 Å². The fourth-order valence-corrected chi connectivity index (χ4v) is 2.55. The molecule has 22 heavy (non-hydrogen) atoms. The number of hydrogen-bond acceptors (Lipinski definition) is 5. The number of pyridine rings is 1. The summed E-state index contributed by atoms with van der Waals surface area (Å²) in [6.45, 7) is 0.132. The topological polar surface area (TPSA) is 91.8 Å². The van der Waals surface area contributed by atoms with E-state index in [2.05, 4.69) is 4.98 Å². The van der Waals surface area contributed by atoms with Crippen molar-refractivity contribution in [2.75, 3.05) is 6.79 Å². The molecule has 1 aromatic heterocycles. The zero-order valence-electron chi connectivity index (χ0n) is 11.3. The van der Waals surface area contributed by atoms with Crippen molar-refractivity contribution in [1.82, 2.24) is 4.98 Å². The number of nitrogens with one attached hydrogen (secondary N) is 1. The number of hydrogen-bond donors (Lipinski definition) is 3. The third-order valence-corrected chi connectivity index (χ3v) is 3.54. The number of H-pyrrole nitrogens is 1. The molecule has 4 rings (SSSR count). The van der Waals surface area contributed by atoms with Gasteiger partial charge in [-0.1, -0.05) is 0 Å². The van der Waals surface area contributed by atoms with E-state index in [1.807, 2.05) is 0 Å². The summed E-state index contributed by atoms with van der Waals surface area (Å²) in [5.41, 5.74) is 1.40. The van der Waals surface area contributed by atoms with Crippen LogP contribution < -0.4 is 14.9 Å². The first-order chi connectivity index (χ1) is 10.6. The average Bonchev–Trinajstić information content (AvgIpc) is 2.91. The normalized spacial score (nSPS) is 12.7. The summed E-state index contributed by atoms with van der Waals surface area (Å²) in [6.07, 6.45) is 0. The largest absolute Gasteiger partial charge is 0.508 e. The van der Waals surface area contributed by atoms with Crippen LogP contribution in [0.3, 0.4) is 0 Å². The molecule has 0 bridgehead atoms. The highest BCUT2D eigenvalue weighted by Crippen LogP contribution is 2.35. The maximum atomic E-state index is 12.3. The quantitative estimate of drug-likeness (QED) is 0.641. The highest BCUT2D eigenvalue weighted by molar-refractivity contribution is 5.85. The van der Waals surface area contributed by atoms with E-state index in [1.54, 1.807) is 12.1 Å². The minimum Gasteiger partial charge on any atom is -0.508 e. The molecule has 2 aromatic carbocycles. The van der Waals surface area contributed by atoms with Crippen LogP contribution in [0.15, 0.2) is 41.2 Å². The van der Waals surface area contributed by atoms with E-state index in [0.29, 0.717) is 33.7 Å². The van der Waals surface area contributed by atoms with Crippen molar-refractivity contribution >= 4 is 10.9 Å². The monoisotopic (exact) mass is 297 g/mol. The molecule has 0 amide bonds. The van der Waals surface area contributed by atoms with Gasteiger partial charge in [-0.3, -0.25) is 4.79 Å². The van der Waals surface area contributed by atoms with Gasteiger partial charge in [0.15, 0.2) is 16.9 Å². The van der Waals surface area contributed by atoms with Crippen molar-refractivity contribution in [1.29, 1.82) is 0 Å². The number of phenolic OH excluding ortho intramolecular Hbond substituents is 2. The lowest BCUT2D eigenvalue weighted by molar-refractivity contribution is 0.174. The standard InChI is InChI=1S/C16H11NO5/c18-9-1-8(2-10(19)3-9)12-5-14(20)11-4-15-16(22-7-21-15)6-13(11)17-12/h1-6,18-19H,7H2,(H,17,20). The van der Waals surface area contributed by atoms with E-state index in [4.69, 9.17) is 9.47 Å². The number of fused-ring (bicyclic) bond motifs is 2. The number of aromatic nitrogens is 1. The second kappa shape index (κ2) is 4.42. The highest BCUT2D eigenvalue weighted by Gasteiger charge is 2.16. The van der Waals surface area contributed by atoms with Crippen molar-refractivity contribution in [2.45, 2.75) is 0 Å². The Balaban J connectivity index is 1.96. The number of aromatic hydroxyl groups is 2. The Morgan fingerprint density at radius 1 is 0.909 bits per heavy atom. The predicted molar refractivity (Wildman–Crippen MR) is 79.5 cm³/mol. The third kappa shape index (κ3) is 1.93. The molecule has 0 saturated heterocycles. The van der Waals surface area contributed by atoms with Crippen molar-refractivity contribution in [3.05, 3.63) is 46.6 Å². The van der Waals surface area contributed by atoms with Gasteiger partial charge in [0.2, 0.25) is 6.79 Å². The molecule has 0 atom stereocenters. The minimum atomic E-state index is -0.190. The van der Waals surface area contributed by atoms with Crippen LogP contribution in [0.25, 0.3) is 22.2 Å². The van der Waals surface area contributed by atoms with Crippen LogP contribution in [0.5, 0.6) is 23.0 Å². The minimum absolute atomic E-state index is 0.0818. The summed E-state index contributed by atoms with van der Waals surface area (Å²) in [5, 5.41) is 19.6. The van der Waals surface area contributed by atoms with Crippen LogP contribution in [0.1, 0.15) is 0 Å². The summed E-state index contributed by atoms with van der Waals surface area (Å²) in [6, 6.07) is 8.90. The second-order valence-corrected chi connectivity index (χ2v) is 5.04. The molecule has 0 fully saturated rings. The Hall–Kier alpha value is -3.15. The Kier molecular flexibility index (Phi) is 2.53. The summed E-state index contributed by atoms with van der Waals surface area (Å²) in [7, 11) is 0. The zero-order valence-corrected chi connectivity index (χ0v) is 11.3. The van der Waals surface area contributed by atoms with Gasteiger partial charge < -0.3 is 24.7 Å². The summed E-state index contributed by atoms with van der Waals surface area (Å²) >= 11 is 0. The summed E-state index contributed by atoms with van der Waals surface area (Å²) in [4.78, 5) is 15.4. The van der Waals surface area contributed by atoms with Crippen LogP contribution in [-0.4, -0.2) is 22.0 Å². The molecule has 110 valence electrons. The molecule has 6 nitrogen and oxygen atoms in total. The Bertz CT molecular complexity index is 940. The average molecular weight is 297 g/mol. The molecular weight excluding hydrogens is 286 g/mol. The summed E-state index contributed by atoms with van der Waals surface area (Å²) in [5.74, 6) is 0.947. The van der Waals surface area contributed by atoms with Crippen molar-refractivity contribution < 1.29 is 19.7 Å². The number of benzene rings is 2. The SMILES string of the molecule is O=c1cc(-c2cc(O)cc(O)c2)[nH]c2cc3c(cc12)OCO3. The Morgan fingerprint density at radius 3 is 2.32 bits per heavy atom. The van der Waals surface area contributed by atoms with Crippen molar-refractivity contribution in [2.24, 2.45) is 0 Å². The van der Waals surface area contributed by atoms with E-state index < -0.39 is 0 Å². The number of rotatable bonds is 1. The van der Waals surface area contributed by atoms with E-state index in [0.717, 1.165) is 0 Å². The first-order valence-corrected chi connectivity index (χ1v) is 6.60. The molecular formula is C16H11NO5. The van der Waals surface area contributed by atoms with Gasteiger partial charge in [-0.15, -0.1) is 0 Å². The smallest absolute Gasteiger partial charge is 0.231 e. The fraction of sp³-hybridized carbons (Fsp3) is 0.0625. The van der Waals surface area contributed by atoms with Gasteiger partial charge in [0.25, 0.3) is 0 Å². The number of phenols is 2. The van der Waals surface area contributed by atoms with Gasteiger partial charge in [0, 0.05) is 34.8 Å². The molecule has 0 aliphatic carbocycles. The molecule has 1 aliphatic heterocycles. The third-order valence-electron chi connectivity index (χ3n) is 3.54. The number of ether oxygens (including phenoxy) is 2. The molecule has 3 aromatic rings. The van der Waals surface area contributed by atoms with Gasteiger partial charge in [-0.05, 0) is 18.2 Å². The van der Waals surface area contributed by atoms with E-state index in [1.165, 1.54) is 24.3 Å². The zero-order chi connectivity index (χ0) is 15.3. The Labute approximate surface area is 124 Å². The van der Waals surface area contributed by atoms with Crippen LogP contribution >= 0.6 is 0 Å². The molecule has 3 N–H and O–H groups in total. The lowest BCUT2D eigenvalue weighted by atomic mass is 10.1. The fourth-order valence-electron chi connectivity index (χ4n) is 2.55. The van der Waals surface area contributed by atoms with Gasteiger partial charge in [-0.25, -0.2) is 0 Å². The molecule has 0 unspecified atom stereocenters. The maximum absolute atomic E-state index is 12.3. The second-order valence-electron chi connectivity index (χ2n) is 5.04. The first-order valence-electron chi connectivity index (χ1n) is 6.60. The van der Waals surface area contributed by atoms with E-state index in [9.17, 15) is 15.0 Å². The van der Waals surface area contributed by atoms with E-state index in [-0.39, 0.29) is 23.7 Å². The molecule has 0 saturated carbocycles.